The molecule has 3 aromatic carbocycles. The van der Waals surface area contributed by atoms with E-state index in [1.165, 1.54) is 6.92 Å². The van der Waals surface area contributed by atoms with Gasteiger partial charge in [-0.15, -0.1) is 0 Å². The Balaban J connectivity index is 1.43. The summed E-state index contributed by atoms with van der Waals surface area (Å²) in [7, 11) is 0. The minimum Gasteiger partial charge on any atom is -0.508 e. The predicted molar refractivity (Wildman–Crippen MR) is 133 cm³/mol. The molecule has 2 amide bonds. The van der Waals surface area contributed by atoms with Crippen LogP contribution in [0.15, 0.2) is 66.7 Å². The Kier molecular flexibility index (Phi) is 6.20. The Bertz CT molecular complexity index is 1340. The van der Waals surface area contributed by atoms with Crippen LogP contribution >= 0.6 is 0 Å². The van der Waals surface area contributed by atoms with Crippen molar-refractivity contribution in [3.05, 3.63) is 83.4 Å². The van der Waals surface area contributed by atoms with E-state index in [1.807, 2.05) is 36.4 Å². The molecule has 36 heavy (non-hydrogen) atoms. The van der Waals surface area contributed by atoms with Crippen molar-refractivity contribution in [2.24, 2.45) is 0 Å². The highest BCUT2D eigenvalue weighted by molar-refractivity contribution is 5.98. The lowest BCUT2D eigenvalue weighted by Gasteiger charge is -2.27. The second-order valence-corrected chi connectivity index (χ2v) is 9.11. The number of fused-ring (bicyclic) bond motifs is 3. The first-order valence-electron chi connectivity index (χ1n) is 11.8. The van der Waals surface area contributed by atoms with Crippen LogP contribution in [0.1, 0.15) is 42.1 Å². The number of phenols is 1. The summed E-state index contributed by atoms with van der Waals surface area (Å²) in [4.78, 5) is 38.6. The van der Waals surface area contributed by atoms with E-state index in [1.54, 1.807) is 35.2 Å². The molecule has 0 bridgehead atoms. The van der Waals surface area contributed by atoms with Crippen LogP contribution in [0.5, 0.6) is 5.75 Å². The number of carbonyl (C=O) groups excluding carboxylic acids is 2. The van der Waals surface area contributed by atoms with Crippen LogP contribution in [0.4, 0.5) is 5.69 Å². The van der Waals surface area contributed by atoms with E-state index in [0.29, 0.717) is 18.7 Å². The van der Waals surface area contributed by atoms with E-state index < -0.39 is 24.7 Å². The molecule has 8 nitrogen and oxygen atoms in total. The number of ether oxygens (including phenoxy) is 1. The van der Waals surface area contributed by atoms with Crippen LogP contribution in [-0.2, 0) is 19.1 Å². The number of rotatable bonds is 6. The Hall–Kier alpha value is -4.17. The van der Waals surface area contributed by atoms with Gasteiger partial charge in [-0.1, -0.05) is 42.5 Å². The van der Waals surface area contributed by atoms with Gasteiger partial charge in [-0.25, -0.2) is 4.79 Å². The average molecular weight is 487 g/mol. The highest BCUT2D eigenvalue weighted by atomic mass is 16.5. The largest absolute Gasteiger partial charge is 0.508 e. The maximum absolute atomic E-state index is 13.5. The third-order valence-corrected chi connectivity index (χ3v) is 6.90. The Morgan fingerprint density at radius 1 is 1.00 bits per heavy atom. The van der Waals surface area contributed by atoms with Gasteiger partial charge < -0.3 is 25.2 Å². The molecule has 5 rings (SSSR count). The summed E-state index contributed by atoms with van der Waals surface area (Å²) in [6.07, 6.45) is 0.0710. The number of carboxylic acids is 1. The van der Waals surface area contributed by atoms with Gasteiger partial charge in [0.1, 0.15) is 24.5 Å². The van der Waals surface area contributed by atoms with Crippen LogP contribution in [-0.4, -0.2) is 52.1 Å². The summed E-state index contributed by atoms with van der Waals surface area (Å²) >= 11 is 0. The smallest absolute Gasteiger partial charge is 0.329 e. The zero-order valence-corrected chi connectivity index (χ0v) is 19.7. The zero-order chi connectivity index (χ0) is 25.4. The summed E-state index contributed by atoms with van der Waals surface area (Å²) in [5.41, 5.74) is 4.96. The Labute approximate surface area is 208 Å². The molecule has 1 aliphatic heterocycles. The van der Waals surface area contributed by atoms with Crippen molar-refractivity contribution in [1.82, 2.24) is 4.90 Å². The first kappa shape index (κ1) is 23.6. The second-order valence-electron chi connectivity index (χ2n) is 9.11. The van der Waals surface area contributed by atoms with Gasteiger partial charge >= 0.3 is 5.97 Å². The SMILES string of the molecule is CC(=O)N1CCC(c2ccc(O)cc2)C1C(=O)Nc1ccc2c(c1)C(OCC(=O)O)c1ccccc1-2. The maximum Gasteiger partial charge on any atom is 0.329 e. The van der Waals surface area contributed by atoms with Gasteiger partial charge in [-0.05, 0) is 58.5 Å². The normalized spacial score (nSPS) is 20.0. The van der Waals surface area contributed by atoms with Gasteiger partial charge in [0.25, 0.3) is 0 Å². The molecule has 0 radical (unpaired) electrons. The third-order valence-electron chi connectivity index (χ3n) is 6.90. The first-order chi connectivity index (χ1) is 17.3. The molecule has 0 aromatic heterocycles. The van der Waals surface area contributed by atoms with Gasteiger partial charge in [0.05, 0.1) is 0 Å². The number of phenolic OH excluding ortho intramolecular Hbond substituents is 1. The number of aliphatic carboxylic acids is 1. The Morgan fingerprint density at radius 2 is 1.72 bits per heavy atom. The number of amides is 2. The number of hydrogen-bond donors (Lipinski definition) is 3. The molecule has 3 aromatic rings. The molecule has 1 fully saturated rings. The van der Waals surface area contributed by atoms with Gasteiger partial charge in [-0.2, -0.15) is 0 Å². The molecule has 3 N–H and O–H groups in total. The number of aromatic hydroxyl groups is 1. The predicted octanol–water partition coefficient (Wildman–Crippen LogP) is 3.91. The van der Waals surface area contributed by atoms with Crippen molar-refractivity contribution in [3.63, 3.8) is 0 Å². The van der Waals surface area contributed by atoms with Crippen molar-refractivity contribution < 1.29 is 29.3 Å². The topological polar surface area (TPSA) is 116 Å². The number of nitrogens with zero attached hydrogens (tertiary/aromatic N) is 1. The zero-order valence-electron chi connectivity index (χ0n) is 19.7. The monoisotopic (exact) mass is 486 g/mol. The van der Waals surface area contributed by atoms with E-state index in [2.05, 4.69) is 5.32 Å². The summed E-state index contributed by atoms with van der Waals surface area (Å²) in [6.45, 7) is 1.47. The Morgan fingerprint density at radius 3 is 2.44 bits per heavy atom. The highest BCUT2D eigenvalue weighted by Crippen LogP contribution is 2.46. The van der Waals surface area contributed by atoms with Crippen LogP contribution < -0.4 is 5.32 Å². The highest BCUT2D eigenvalue weighted by Gasteiger charge is 2.41. The molecule has 3 atom stereocenters. The molecule has 1 saturated heterocycles. The molecule has 1 aliphatic carbocycles. The number of likely N-dealkylation sites (tertiary alicyclic amines) is 1. The fourth-order valence-electron chi connectivity index (χ4n) is 5.33. The van der Waals surface area contributed by atoms with Gasteiger partial charge in [0, 0.05) is 25.1 Å². The minimum absolute atomic E-state index is 0.139. The van der Waals surface area contributed by atoms with Crippen molar-refractivity contribution in [1.29, 1.82) is 0 Å². The molecule has 2 aliphatic rings. The van der Waals surface area contributed by atoms with Crippen LogP contribution in [0.3, 0.4) is 0 Å². The number of carboxylic acid groups (broad SMARTS) is 1. The minimum atomic E-state index is -1.06. The van der Waals surface area contributed by atoms with Crippen LogP contribution in [0.25, 0.3) is 11.1 Å². The van der Waals surface area contributed by atoms with E-state index in [4.69, 9.17) is 9.84 Å². The number of anilines is 1. The molecular weight excluding hydrogens is 460 g/mol. The lowest BCUT2D eigenvalue weighted by Crippen LogP contribution is -2.44. The van der Waals surface area contributed by atoms with Gasteiger partial charge in [-0.3, -0.25) is 9.59 Å². The molecular formula is C28H26N2O6. The molecule has 1 heterocycles. The lowest BCUT2D eigenvalue weighted by molar-refractivity contribution is -0.143. The number of benzene rings is 3. The van der Waals surface area contributed by atoms with Crippen molar-refractivity contribution >= 4 is 23.5 Å². The van der Waals surface area contributed by atoms with Gasteiger partial charge in [0.2, 0.25) is 11.8 Å². The second kappa shape index (κ2) is 9.47. The summed E-state index contributed by atoms with van der Waals surface area (Å²) in [6, 6.07) is 19.2. The quantitative estimate of drug-likeness (QED) is 0.487. The number of nitrogens with one attached hydrogen (secondary N) is 1. The van der Waals surface area contributed by atoms with Gasteiger partial charge in [0.15, 0.2) is 0 Å². The fraction of sp³-hybridized carbons (Fsp3) is 0.250. The summed E-state index contributed by atoms with van der Waals surface area (Å²) < 4.78 is 5.72. The maximum atomic E-state index is 13.5. The molecule has 3 unspecified atom stereocenters. The molecule has 184 valence electrons. The van der Waals surface area contributed by atoms with E-state index in [-0.39, 0.29) is 23.5 Å². The van der Waals surface area contributed by atoms with E-state index in [0.717, 1.165) is 27.8 Å². The summed E-state index contributed by atoms with van der Waals surface area (Å²) in [5.74, 6) is -1.61. The molecule has 0 saturated carbocycles. The third kappa shape index (κ3) is 4.31. The van der Waals surface area contributed by atoms with Crippen molar-refractivity contribution in [3.8, 4) is 16.9 Å². The standard InChI is InChI=1S/C28H26N2O6/c1-16(31)30-13-12-20(17-6-9-19(32)10-7-17)26(30)28(35)29-18-8-11-22-21-4-2-3-5-23(21)27(24(22)14-18)36-15-25(33)34/h2-11,14,20,26-27,32H,12-13,15H2,1H3,(H,29,35)(H,33,34). The van der Waals surface area contributed by atoms with E-state index >= 15 is 0 Å². The number of carbonyl (C=O) groups is 3. The van der Waals surface area contributed by atoms with Crippen LogP contribution in [0.2, 0.25) is 0 Å². The van der Waals surface area contributed by atoms with E-state index in [9.17, 15) is 19.5 Å². The summed E-state index contributed by atoms with van der Waals surface area (Å²) in [5, 5.41) is 21.8. The first-order valence-corrected chi connectivity index (χ1v) is 11.8. The number of hydrogen-bond acceptors (Lipinski definition) is 5. The van der Waals surface area contributed by atoms with Crippen LogP contribution in [0, 0.1) is 0 Å². The van der Waals surface area contributed by atoms with Crippen molar-refractivity contribution in [2.75, 3.05) is 18.5 Å². The molecule has 8 heteroatoms. The fourth-order valence-corrected chi connectivity index (χ4v) is 5.33. The lowest BCUT2D eigenvalue weighted by atomic mass is 9.91. The molecule has 0 spiro atoms. The van der Waals surface area contributed by atoms with Crippen molar-refractivity contribution in [2.45, 2.75) is 31.4 Å². The average Bonchev–Trinajstić information content (AvgIpc) is 3.43.